The fourth-order valence-corrected chi connectivity index (χ4v) is 6.18. The number of aromatic nitrogens is 1. The average molecular weight is 453 g/mol. The summed E-state index contributed by atoms with van der Waals surface area (Å²) in [6, 6.07) is 18.5. The smallest absolute Gasteiger partial charge is 0.101 e. The summed E-state index contributed by atoms with van der Waals surface area (Å²) in [5.74, 6) is 0. The van der Waals surface area contributed by atoms with Gasteiger partial charge in [0.2, 0.25) is 0 Å². The lowest BCUT2D eigenvalue weighted by atomic mass is 9.97. The highest BCUT2D eigenvalue weighted by atomic mass is 15.4. The molecule has 3 aliphatic rings. The Balaban J connectivity index is 1.21. The van der Waals surface area contributed by atoms with Crippen LogP contribution in [0.3, 0.4) is 0 Å². The molecule has 6 nitrogen and oxygen atoms in total. The molecule has 0 aliphatic carbocycles. The van der Waals surface area contributed by atoms with Crippen molar-refractivity contribution in [3.8, 4) is 6.07 Å². The van der Waals surface area contributed by atoms with Gasteiger partial charge in [-0.25, -0.2) is 0 Å². The third kappa shape index (κ3) is 3.94. The predicted molar refractivity (Wildman–Crippen MR) is 136 cm³/mol. The fourth-order valence-electron chi connectivity index (χ4n) is 6.18. The Morgan fingerprint density at radius 1 is 1.09 bits per heavy atom. The van der Waals surface area contributed by atoms with Crippen molar-refractivity contribution in [2.75, 3.05) is 44.2 Å². The van der Waals surface area contributed by atoms with Crippen LogP contribution in [0.2, 0.25) is 0 Å². The monoisotopic (exact) mass is 452 g/mol. The van der Waals surface area contributed by atoms with Crippen LogP contribution in [0.5, 0.6) is 0 Å². The van der Waals surface area contributed by atoms with Crippen molar-refractivity contribution in [3.05, 3.63) is 70.9 Å². The van der Waals surface area contributed by atoms with Crippen LogP contribution < -0.4 is 10.2 Å². The molecule has 2 fully saturated rings. The zero-order chi connectivity index (χ0) is 23.1. The van der Waals surface area contributed by atoms with E-state index in [2.05, 4.69) is 68.3 Å². The molecule has 0 bridgehead atoms. The lowest BCUT2D eigenvalue weighted by Crippen LogP contribution is -2.65. The predicted octanol–water partition coefficient (Wildman–Crippen LogP) is 3.15. The molecule has 0 spiro atoms. The van der Waals surface area contributed by atoms with Gasteiger partial charge >= 0.3 is 0 Å². The summed E-state index contributed by atoms with van der Waals surface area (Å²) in [6.07, 6.45) is 2.92. The van der Waals surface area contributed by atoms with E-state index in [1.165, 1.54) is 22.4 Å². The summed E-state index contributed by atoms with van der Waals surface area (Å²) in [4.78, 5) is 12.4. The van der Waals surface area contributed by atoms with E-state index in [0.29, 0.717) is 17.6 Å². The van der Waals surface area contributed by atoms with Crippen LogP contribution in [0.1, 0.15) is 29.2 Å². The van der Waals surface area contributed by atoms with E-state index in [4.69, 9.17) is 0 Å². The van der Waals surface area contributed by atoms with E-state index in [1.54, 1.807) is 6.20 Å². The van der Waals surface area contributed by atoms with E-state index in [-0.39, 0.29) is 0 Å². The quantitative estimate of drug-likeness (QED) is 0.659. The molecule has 2 aromatic carbocycles. The van der Waals surface area contributed by atoms with Gasteiger partial charge in [-0.05, 0) is 60.8 Å². The summed E-state index contributed by atoms with van der Waals surface area (Å²) in [5, 5.41) is 14.1. The minimum atomic E-state index is 0.500. The van der Waals surface area contributed by atoms with Crippen molar-refractivity contribution >= 4 is 16.6 Å². The Kier molecular flexibility index (Phi) is 5.70. The van der Waals surface area contributed by atoms with Gasteiger partial charge in [0.25, 0.3) is 0 Å². The molecule has 1 aromatic heterocycles. The van der Waals surface area contributed by atoms with E-state index in [0.717, 1.165) is 69.7 Å². The molecular weight excluding hydrogens is 420 g/mol. The molecule has 2 atom stereocenters. The minimum Gasteiger partial charge on any atom is -0.368 e. The minimum absolute atomic E-state index is 0.500. The van der Waals surface area contributed by atoms with Crippen molar-refractivity contribution in [2.45, 2.75) is 38.5 Å². The summed E-state index contributed by atoms with van der Waals surface area (Å²) >= 11 is 0. The highest BCUT2D eigenvalue weighted by molar-refractivity contribution is 5.95. The van der Waals surface area contributed by atoms with Gasteiger partial charge in [0, 0.05) is 75.2 Å². The molecule has 3 aliphatic heterocycles. The zero-order valence-electron chi connectivity index (χ0n) is 19.9. The van der Waals surface area contributed by atoms with Crippen LogP contribution in [0.15, 0.2) is 48.7 Å². The number of fused-ring (bicyclic) bond motifs is 3. The van der Waals surface area contributed by atoms with E-state index < -0.39 is 0 Å². The number of hydrogen-bond acceptors (Lipinski definition) is 6. The molecule has 34 heavy (non-hydrogen) atoms. The maximum absolute atomic E-state index is 9.53. The largest absolute Gasteiger partial charge is 0.368 e. The molecule has 0 amide bonds. The van der Waals surface area contributed by atoms with Crippen LogP contribution in [0, 0.1) is 11.3 Å². The second-order valence-electron chi connectivity index (χ2n) is 10.1. The number of nitriles is 1. The average Bonchev–Trinajstić information content (AvgIpc) is 2.87. The van der Waals surface area contributed by atoms with Gasteiger partial charge in [0.05, 0.1) is 11.1 Å². The first-order valence-corrected chi connectivity index (χ1v) is 12.5. The number of rotatable bonds is 3. The standard InChI is InChI=1S/C28H32N6/c1-20-16-33(27-7-6-23(14-29)28-26(27)3-2-9-31-28)19-25-18-32(11-12-34(20)25)17-21-4-5-24-15-30-10-8-22(24)13-21/h2-7,9,13,20,25,30H,8,10-12,15-19H2,1H3/t20-,25+/m1/s1. The van der Waals surface area contributed by atoms with E-state index in [9.17, 15) is 5.26 Å². The normalized spacial score (nSPS) is 23.4. The van der Waals surface area contributed by atoms with Crippen LogP contribution in [0.4, 0.5) is 5.69 Å². The molecule has 4 heterocycles. The first-order chi connectivity index (χ1) is 16.7. The molecular formula is C28H32N6. The summed E-state index contributed by atoms with van der Waals surface area (Å²) in [7, 11) is 0. The molecule has 6 heteroatoms. The second kappa shape index (κ2) is 8.99. The van der Waals surface area contributed by atoms with E-state index >= 15 is 0 Å². The number of anilines is 1. The van der Waals surface area contributed by atoms with Crippen molar-refractivity contribution in [1.82, 2.24) is 20.1 Å². The lowest BCUT2D eigenvalue weighted by Gasteiger charge is -2.51. The van der Waals surface area contributed by atoms with Crippen molar-refractivity contribution < 1.29 is 0 Å². The zero-order valence-corrected chi connectivity index (χ0v) is 19.9. The van der Waals surface area contributed by atoms with Gasteiger partial charge < -0.3 is 10.2 Å². The first kappa shape index (κ1) is 21.5. The van der Waals surface area contributed by atoms with Gasteiger partial charge in [0.1, 0.15) is 6.07 Å². The van der Waals surface area contributed by atoms with Gasteiger partial charge in [0.15, 0.2) is 0 Å². The fraction of sp³-hybridized carbons (Fsp3) is 0.429. The van der Waals surface area contributed by atoms with Crippen molar-refractivity contribution in [1.29, 1.82) is 5.26 Å². The van der Waals surface area contributed by atoms with Crippen LogP contribution >= 0.6 is 0 Å². The molecule has 1 N–H and O–H groups in total. The number of piperazine rings is 2. The number of pyridine rings is 1. The van der Waals surface area contributed by atoms with Crippen LogP contribution in [-0.4, -0.2) is 66.1 Å². The van der Waals surface area contributed by atoms with Crippen molar-refractivity contribution in [3.63, 3.8) is 0 Å². The summed E-state index contributed by atoms with van der Waals surface area (Å²) in [5.41, 5.74) is 7.09. The van der Waals surface area contributed by atoms with Crippen molar-refractivity contribution in [2.24, 2.45) is 0 Å². The Labute approximate surface area is 201 Å². The highest BCUT2D eigenvalue weighted by Gasteiger charge is 2.36. The first-order valence-electron chi connectivity index (χ1n) is 12.5. The molecule has 0 unspecified atom stereocenters. The lowest BCUT2D eigenvalue weighted by molar-refractivity contribution is 0.0317. The summed E-state index contributed by atoms with van der Waals surface area (Å²) in [6.45, 7) is 10.8. The SMILES string of the molecule is C[C@@H]1CN(c2ccc(C#N)c3ncccc23)C[C@@H]2CN(Cc3ccc4c(c3)CCNC4)CCN21. The molecule has 174 valence electrons. The number of nitrogens with one attached hydrogen (secondary N) is 1. The summed E-state index contributed by atoms with van der Waals surface area (Å²) < 4.78 is 0. The van der Waals surface area contributed by atoms with E-state index in [1.807, 2.05) is 12.1 Å². The molecule has 3 aromatic rings. The maximum atomic E-state index is 9.53. The third-order valence-electron chi connectivity index (χ3n) is 7.87. The van der Waals surface area contributed by atoms with Gasteiger partial charge in [-0.1, -0.05) is 18.2 Å². The maximum Gasteiger partial charge on any atom is 0.101 e. The number of hydrogen-bond donors (Lipinski definition) is 1. The topological polar surface area (TPSA) is 58.4 Å². The van der Waals surface area contributed by atoms with Gasteiger partial charge in [-0.2, -0.15) is 5.26 Å². The molecule has 0 saturated carbocycles. The molecule has 6 rings (SSSR count). The Bertz CT molecular complexity index is 1250. The second-order valence-corrected chi connectivity index (χ2v) is 10.1. The number of nitrogens with zero attached hydrogens (tertiary/aromatic N) is 5. The molecule has 0 radical (unpaired) electrons. The number of benzene rings is 2. The van der Waals surface area contributed by atoms with Gasteiger partial charge in [-0.15, -0.1) is 0 Å². The third-order valence-corrected chi connectivity index (χ3v) is 7.87. The Hall–Kier alpha value is -2.98. The van der Waals surface area contributed by atoms with Gasteiger partial charge in [-0.3, -0.25) is 14.8 Å². The van der Waals surface area contributed by atoms with Crippen LogP contribution in [0.25, 0.3) is 10.9 Å². The highest BCUT2D eigenvalue weighted by Crippen LogP contribution is 2.32. The molecule has 2 saturated heterocycles. The van der Waals surface area contributed by atoms with Crippen LogP contribution in [-0.2, 0) is 19.5 Å². The Morgan fingerprint density at radius 2 is 2.03 bits per heavy atom. The Morgan fingerprint density at radius 3 is 2.94 bits per heavy atom.